The zero-order valence-corrected chi connectivity index (χ0v) is 15.8. The topological polar surface area (TPSA) is 45.1 Å². The molecule has 1 amide bonds. The molecule has 1 aliphatic rings. The van der Waals surface area contributed by atoms with Crippen molar-refractivity contribution in [3.05, 3.63) is 59.7 Å². The third kappa shape index (κ3) is 3.57. The van der Waals surface area contributed by atoms with Crippen molar-refractivity contribution in [2.75, 3.05) is 26.1 Å². The van der Waals surface area contributed by atoms with Crippen LogP contribution in [-0.2, 0) is 4.79 Å². The quantitative estimate of drug-likeness (QED) is 0.822. The van der Waals surface area contributed by atoms with E-state index < -0.39 is 0 Å². The third-order valence-electron chi connectivity index (χ3n) is 4.64. The predicted octanol–water partition coefficient (Wildman–Crippen LogP) is 3.85. The van der Waals surface area contributed by atoms with Crippen LogP contribution in [0.3, 0.4) is 0 Å². The Morgan fingerprint density at radius 1 is 1.23 bits per heavy atom. The normalized spacial score (nSPS) is 16.4. The summed E-state index contributed by atoms with van der Waals surface area (Å²) in [5.41, 5.74) is 4.14. The summed E-state index contributed by atoms with van der Waals surface area (Å²) in [6.45, 7) is 1.87. The molecule has 0 unspecified atom stereocenters. The molecule has 0 saturated heterocycles. The number of hydrogen-bond donors (Lipinski definition) is 0. The highest BCUT2D eigenvalue weighted by Gasteiger charge is 2.32. The highest BCUT2D eigenvalue weighted by Crippen LogP contribution is 2.35. The van der Waals surface area contributed by atoms with Gasteiger partial charge in [0.25, 0.3) is 0 Å². The predicted molar refractivity (Wildman–Crippen MR) is 105 cm³/mol. The van der Waals surface area contributed by atoms with E-state index in [0.717, 1.165) is 28.3 Å². The highest BCUT2D eigenvalue weighted by molar-refractivity contribution is 6.03. The largest absolute Gasteiger partial charge is 0.497 e. The van der Waals surface area contributed by atoms with Crippen molar-refractivity contribution in [1.29, 1.82) is 0 Å². The van der Waals surface area contributed by atoms with Gasteiger partial charge in [-0.3, -0.25) is 4.79 Å². The van der Waals surface area contributed by atoms with E-state index in [1.807, 2.05) is 57.4 Å². The Morgan fingerprint density at radius 3 is 2.69 bits per heavy atom. The summed E-state index contributed by atoms with van der Waals surface area (Å²) in [7, 11) is 5.68. The van der Waals surface area contributed by atoms with E-state index in [2.05, 4.69) is 22.1 Å². The van der Waals surface area contributed by atoms with Gasteiger partial charge in [0.05, 0.1) is 18.9 Å². The van der Waals surface area contributed by atoms with Crippen molar-refractivity contribution in [2.45, 2.75) is 25.8 Å². The maximum absolute atomic E-state index is 12.5. The Kier molecular flexibility index (Phi) is 5.26. The van der Waals surface area contributed by atoms with Crippen molar-refractivity contribution >= 4 is 17.3 Å². The van der Waals surface area contributed by atoms with Gasteiger partial charge in [-0.2, -0.15) is 5.10 Å². The summed E-state index contributed by atoms with van der Waals surface area (Å²) < 4.78 is 5.34. The number of hydrogen-bond acceptors (Lipinski definition) is 4. The number of methoxy groups -OCH3 is 1. The molecule has 2 aromatic carbocycles. The second kappa shape index (κ2) is 7.60. The van der Waals surface area contributed by atoms with Gasteiger partial charge < -0.3 is 9.64 Å². The Bertz CT molecular complexity index is 830. The Morgan fingerprint density at radius 2 is 2.00 bits per heavy atom. The van der Waals surface area contributed by atoms with Crippen LogP contribution in [0.5, 0.6) is 5.75 Å². The standard InChI is InChI=1S/C21H25N3O2/c1-5-21(25)24-20(16-9-7-11-18(13-16)26-4)14-19(22-24)15-8-6-10-17(12-15)23(2)3/h6-13,20H,5,14H2,1-4H3/t20-/m1/s1. The van der Waals surface area contributed by atoms with Crippen LogP contribution in [0.1, 0.15) is 36.9 Å². The number of rotatable bonds is 5. The van der Waals surface area contributed by atoms with Gasteiger partial charge in [0.15, 0.2) is 0 Å². The lowest BCUT2D eigenvalue weighted by atomic mass is 9.98. The summed E-state index contributed by atoms with van der Waals surface area (Å²) in [6, 6.07) is 16.0. The summed E-state index contributed by atoms with van der Waals surface area (Å²) in [5, 5.41) is 6.32. The van der Waals surface area contributed by atoms with Gasteiger partial charge in [-0.15, -0.1) is 0 Å². The first kappa shape index (κ1) is 18.0. The van der Waals surface area contributed by atoms with Crippen LogP contribution in [0.4, 0.5) is 5.69 Å². The molecule has 26 heavy (non-hydrogen) atoms. The smallest absolute Gasteiger partial charge is 0.242 e. The summed E-state index contributed by atoms with van der Waals surface area (Å²) >= 11 is 0. The number of amides is 1. The molecule has 1 heterocycles. The lowest BCUT2D eigenvalue weighted by molar-refractivity contribution is -0.132. The Balaban J connectivity index is 1.96. The van der Waals surface area contributed by atoms with Crippen LogP contribution < -0.4 is 9.64 Å². The first-order valence-corrected chi connectivity index (χ1v) is 8.84. The van der Waals surface area contributed by atoms with Crippen LogP contribution >= 0.6 is 0 Å². The molecule has 0 fully saturated rings. The molecule has 3 rings (SSSR count). The Labute approximate surface area is 154 Å². The molecule has 136 valence electrons. The van der Waals surface area contributed by atoms with E-state index in [-0.39, 0.29) is 11.9 Å². The van der Waals surface area contributed by atoms with E-state index >= 15 is 0 Å². The minimum atomic E-state index is -0.101. The van der Waals surface area contributed by atoms with Crippen LogP contribution in [0.2, 0.25) is 0 Å². The molecule has 0 N–H and O–H groups in total. The fourth-order valence-corrected chi connectivity index (χ4v) is 3.15. The molecule has 0 aromatic heterocycles. The number of carbonyl (C=O) groups excluding carboxylic acids is 1. The van der Waals surface area contributed by atoms with Crippen molar-refractivity contribution in [3.8, 4) is 5.75 Å². The van der Waals surface area contributed by atoms with Crippen LogP contribution in [0, 0.1) is 0 Å². The molecule has 0 bridgehead atoms. The molecule has 1 aliphatic heterocycles. The maximum Gasteiger partial charge on any atom is 0.242 e. The molecule has 5 nitrogen and oxygen atoms in total. The number of anilines is 1. The molecule has 2 aromatic rings. The van der Waals surface area contributed by atoms with Gasteiger partial charge >= 0.3 is 0 Å². The van der Waals surface area contributed by atoms with Gasteiger partial charge in [0, 0.05) is 32.6 Å². The second-order valence-electron chi connectivity index (χ2n) is 6.58. The van der Waals surface area contributed by atoms with Crippen molar-refractivity contribution < 1.29 is 9.53 Å². The lowest BCUT2D eigenvalue weighted by Crippen LogP contribution is -2.26. The molecular weight excluding hydrogens is 326 g/mol. The van der Waals surface area contributed by atoms with E-state index in [0.29, 0.717) is 12.8 Å². The molecule has 0 aliphatic carbocycles. The van der Waals surface area contributed by atoms with Crippen molar-refractivity contribution in [2.24, 2.45) is 5.10 Å². The van der Waals surface area contributed by atoms with Gasteiger partial charge in [-0.1, -0.05) is 31.2 Å². The van der Waals surface area contributed by atoms with Gasteiger partial charge in [0.1, 0.15) is 5.75 Å². The van der Waals surface area contributed by atoms with Crippen LogP contribution in [-0.4, -0.2) is 37.8 Å². The average molecular weight is 351 g/mol. The van der Waals surface area contributed by atoms with E-state index in [1.54, 1.807) is 12.1 Å². The zero-order valence-electron chi connectivity index (χ0n) is 15.8. The number of nitrogens with zero attached hydrogens (tertiary/aromatic N) is 3. The lowest BCUT2D eigenvalue weighted by Gasteiger charge is -2.21. The molecular formula is C21H25N3O2. The van der Waals surface area contributed by atoms with Crippen LogP contribution in [0.25, 0.3) is 0 Å². The SMILES string of the molecule is CCC(=O)N1N=C(c2cccc(N(C)C)c2)C[C@@H]1c1cccc(OC)c1. The summed E-state index contributed by atoms with van der Waals surface area (Å²) in [4.78, 5) is 14.5. The Hall–Kier alpha value is -2.82. The summed E-state index contributed by atoms with van der Waals surface area (Å²) in [6.07, 6.45) is 1.12. The van der Waals surface area contributed by atoms with Crippen molar-refractivity contribution in [3.63, 3.8) is 0 Å². The van der Waals surface area contributed by atoms with Gasteiger partial charge in [-0.05, 0) is 35.4 Å². The maximum atomic E-state index is 12.5. The van der Waals surface area contributed by atoms with E-state index in [4.69, 9.17) is 4.74 Å². The fourth-order valence-electron chi connectivity index (χ4n) is 3.15. The second-order valence-corrected chi connectivity index (χ2v) is 6.58. The number of hydrazone groups is 1. The monoisotopic (exact) mass is 351 g/mol. The van der Waals surface area contributed by atoms with Gasteiger partial charge in [-0.25, -0.2) is 5.01 Å². The minimum Gasteiger partial charge on any atom is -0.497 e. The molecule has 1 atom stereocenters. The zero-order chi connectivity index (χ0) is 18.7. The van der Waals surface area contributed by atoms with E-state index in [9.17, 15) is 4.79 Å². The van der Waals surface area contributed by atoms with Crippen LogP contribution in [0.15, 0.2) is 53.6 Å². The first-order valence-electron chi connectivity index (χ1n) is 8.84. The summed E-state index contributed by atoms with van der Waals surface area (Å²) in [5.74, 6) is 0.811. The highest BCUT2D eigenvalue weighted by atomic mass is 16.5. The van der Waals surface area contributed by atoms with E-state index in [1.165, 1.54) is 0 Å². The molecule has 5 heteroatoms. The fraction of sp³-hybridized carbons (Fsp3) is 0.333. The number of benzene rings is 2. The third-order valence-corrected chi connectivity index (χ3v) is 4.64. The molecule has 0 radical (unpaired) electrons. The van der Waals surface area contributed by atoms with Crippen molar-refractivity contribution in [1.82, 2.24) is 5.01 Å². The molecule has 0 saturated carbocycles. The van der Waals surface area contributed by atoms with Gasteiger partial charge in [0.2, 0.25) is 5.91 Å². The first-order chi connectivity index (χ1) is 12.5. The number of ether oxygens (including phenoxy) is 1. The number of carbonyl (C=O) groups is 1. The molecule has 0 spiro atoms. The minimum absolute atomic E-state index is 0.0246. The average Bonchev–Trinajstić information content (AvgIpc) is 3.13.